The number of fused-ring (bicyclic) bond motifs is 4. The minimum atomic E-state index is -5.92. The second kappa shape index (κ2) is 23.3. The van der Waals surface area contributed by atoms with Crippen molar-refractivity contribution in [3.05, 3.63) is 106 Å². The van der Waals surface area contributed by atoms with Gasteiger partial charge in [-0.1, -0.05) is 54.7 Å². The van der Waals surface area contributed by atoms with Gasteiger partial charge in [-0.2, -0.15) is 8.78 Å². The maximum absolute atomic E-state index is 14.9. The van der Waals surface area contributed by atoms with Crippen molar-refractivity contribution in [3.63, 3.8) is 0 Å². The first-order valence-electron chi connectivity index (χ1n) is 26.4. The summed E-state index contributed by atoms with van der Waals surface area (Å²) in [5.74, 6) is 1.48. The molecule has 24 heteroatoms. The van der Waals surface area contributed by atoms with Crippen LogP contribution in [0.5, 0.6) is 0 Å². The number of hydrogen-bond acceptors (Lipinski definition) is 10. The molecular weight excluding hydrogens is 1050 g/mol. The number of benzene rings is 3. The highest BCUT2D eigenvalue weighted by molar-refractivity contribution is 7.52. The monoisotopic (exact) mass is 1110 g/mol. The first-order valence-corrected chi connectivity index (χ1v) is 28.0. The predicted molar refractivity (Wildman–Crippen MR) is 279 cm³/mol. The number of carbonyl (C=O) groups excluding carboxylic acids is 9. The molecule has 9 amide bonds. The molecule has 0 spiro atoms. The smallest absolute Gasteiger partial charge is 0.370 e. The predicted octanol–water partition coefficient (Wildman–Crippen LogP) is 3.18. The fraction of sp³-hybridized carbons (Fsp3) is 0.436. The van der Waals surface area contributed by atoms with Gasteiger partial charge in [-0.15, -0.1) is 0 Å². The average molecular weight is 1110 g/mol. The standard InChI is InChI=1S/C55H60F2N9O12P/c56-55(57,79(76,77)78)36-15-17-40-35(27-36)28-42(59-40)49(70)61-43-31-63(48(69)14-5-3-1-2-4-10-33-12-8-13-38-39(33)30-65(52(38)73)44-20-22-47(68)62-50(44)71)26-24-37-16-19-45(66(37)54(43)75)51(72)60-41(18-21-46(58)67)53(74)64-25-23-32-9-6-7-11-34(32)29-64/h6-9,11-13,15,17,27-28,37,41,43-45,59H,1-3,5,14,16,18-26,29-31H2,(H2,58,67)(H,60,72)(H,61,70)(H,62,68,71)(H2,76,77,78)/t37-,41+,43+,44?,45+/m1/s1. The number of nitrogens with one attached hydrogen (secondary N) is 4. The molecule has 0 aliphatic carbocycles. The van der Waals surface area contributed by atoms with Crippen LogP contribution >= 0.6 is 7.60 Å². The lowest BCUT2D eigenvalue weighted by Gasteiger charge is -2.39. The normalized spacial score (nSPS) is 20.8. The highest BCUT2D eigenvalue weighted by Gasteiger charge is 2.51. The summed E-state index contributed by atoms with van der Waals surface area (Å²) in [7, 11) is -5.92. The Bertz CT molecular complexity index is 3260. The van der Waals surface area contributed by atoms with E-state index in [0.29, 0.717) is 61.8 Å². The number of aromatic amines is 1. The zero-order valence-electron chi connectivity index (χ0n) is 43.0. The number of imide groups is 1. The van der Waals surface area contributed by atoms with Crippen LogP contribution in [-0.4, -0.2) is 137 Å². The SMILES string of the molecule is NC(=O)CC[C@H](NC(=O)[C@@H]1CC[C@@H]2CCN(C(=O)CCCCCC#Cc3cccc4c3CN(C3CCC(=O)NC3=O)C4=O)C[C@H](NC(=O)c3cc4cc(C(F)(F)P(=O)(O)O)ccc4[nH]3)C(=O)N21)C(=O)N1CCc2ccccc2C1. The van der Waals surface area contributed by atoms with Crippen LogP contribution in [0.25, 0.3) is 10.9 Å². The number of amides is 9. The first-order chi connectivity index (χ1) is 37.7. The summed E-state index contributed by atoms with van der Waals surface area (Å²) in [5, 5.41) is 7.81. The van der Waals surface area contributed by atoms with Crippen molar-refractivity contribution in [2.75, 3.05) is 19.6 Å². The van der Waals surface area contributed by atoms with E-state index in [-0.39, 0.29) is 105 Å². The lowest BCUT2D eigenvalue weighted by Crippen LogP contribution is -2.62. The van der Waals surface area contributed by atoms with Gasteiger partial charge < -0.3 is 50.7 Å². The molecule has 3 saturated heterocycles. The summed E-state index contributed by atoms with van der Waals surface area (Å²) in [4.78, 5) is 148. The van der Waals surface area contributed by atoms with Crippen molar-refractivity contribution in [1.29, 1.82) is 0 Å². The molecule has 0 saturated carbocycles. The van der Waals surface area contributed by atoms with E-state index >= 15 is 0 Å². The van der Waals surface area contributed by atoms with Crippen molar-refractivity contribution >= 4 is 71.7 Å². The van der Waals surface area contributed by atoms with Crippen molar-refractivity contribution < 1.29 is 66.3 Å². The first kappa shape index (κ1) is 55.9. The van der Waals surface area contributed by atoms with Gasteiger partial charge >= 0.3 is 13.3 Å². The molecule has 8 N–H and O–H groups in total. The van der Waals surface area contributed by atoms with Crippen molar-refractivity contribution in [2.24, 2.45) is 5.73 Å². The molecule has 21 nitrogen and oxygen atoms in total. The van der Waals surface area contributed by atoms with Gasteiger partial charge in [-0.3, -0.25) is 53.0 Å². The molecule has 0 radical (unpaired) electrons. The molecule has 3 fully saturated rings. The van der Waals surface area contributed by atoms with E-state index in [1.165, 1.54) is 20.8 Å². The second-order valence-electron chi connectivity index (χ2n) is 20.7. The van der Waals surface area contributed by atoms with Gasteiger partial charge in [0.1, 0.15) is 29.9 Å². The number of carbonyl (C=O) groups is 9. The molecule has 79 heavy (non-hydrogen) atoms. The number of aromatic nitrogens is 1. The fourth-order valence-corrected chi connectivity index (χ4v) is 11.7. The quantitative estimate of drug-likeness (QED) is 0.0369. The van der Waals surface area contributed by atoms with Crippen LogP contribution in [0.4, 0.5) is 8.78 Å². The third kappa shape index (κ3) is 12.1. The molecule has 1 aromatic heterocycles. The molecule has 1 unspecified atom stereocenters. The summed E-state index contributed by atoms with van der Waals surface area (Å²) in [5.41, 5.74) is 3.78. The minimum absolute atomic E-state index is 0.00605. The maximum Gasteiger partial charge on any atom is 0.399 e. The van der Waals surface area contributed by atoms with E-state index in [4.69, 9.17) is 5.73 Å². The molecule has 0 bridgehead atoms. The van der Waals surface area contributed by atoms with Crippen molar-refractivity contribution in [1.82, 2.24) is 40.5 Å². The van der Waals surface area contributed by atoms with Crippen LogP contribution < -0.4 is 21.7 Å². The Morgan fingerprint density at radius 3 is 2.41 bits per heavy atom. The molecule has 5 atom stereocenters. The number of halogens is 2. The average Bonchev–Trinajstić information content (AvgIpc) is 4.30. The van der Waals surface area contributed by atoms with Crippen LogP contribution in [0.3, 0.4) is 0 Å². The third-order valence-electron chi connectivity index (χ3n) is 15.5. The number of piperidine rings is 1. The number of rotatable bonds is 16. The van der Waals surface area contributed by atoms with Crippen LogP contribution in [0.2, 0.25) is 0 Å². The summed E-state index contributed by atoms with van der Waals surface area (Å²) in [6, 6.07) is 11.8. The van der Waals surface area contributed by atoms with Crippen molar-refractivity contribution in [3.8, 4) is 11.8 Å². The van der Waals surface area contributed by atoms with Gasteiger partial charge in [0.15, 0.2) is 0 Å². The highest BCUT2D eigenvalue weighted by atomic mass is 31.2. The second-order valence-corrected chi connectivity index (χ2v) is 22.3. The van der Waals surface area contributed by atoms with Crippen LogP contribution in [0, 0.1) is 11.8 Å². The highest BCUT2D eigenvalue weighted by Crippen LogP contribution is 2.59. The molecule has 5 aliphatic heterocycles. The van der Waals surface area contributed by atoms with E-state index in [1.54, 1.807) is 23.1 Å². The van der Waals surface area contributed by atoms with Gasteiger partial charge in [0.2, 0.25) is 41.4 Å². The molecule has 5 aliphatic rings. The van der Waals surface area contributed by atoms with E-state index in [9.17, 15) is 66.3 Å². The lowest BCUT2D eigenvalue weighted by molar-refractivity contribution is -0.146. The Kier molecular flexibility index (Phi) is 16.5. The van der Waals surface area contributed by atoms with E-state index in [1.807, 2.05) is 24.3 Å². The Morgan fingerprint density at radius 1 is 0.861 bits per heavy atom. The Labute approximate surface area is 452 Å². The van der Waals surface area contributed by atoms with Gasteiger partial charge in [0, 0.05) is 92.0 Å². The number of unbranched alkanes of at least 4 members (excludes halogenated alkanes) is 3. The number of primary amides is 1. The zero-order valence-corrected chi connectivity index (χ0v) is 43.9. The Morgan fingerprint density at radius 2 is 1.65 bits per heavy atom. The number of nitrogens with two attached hydrogens (primary N) is 1. The topological polar surface area (TPSA) is 302 Å². The van der Waals surface area contributed by atoms with Gasteiger partial charge in [-0.25, -0.2) is 0 Å². The van der Waals surface area contributed by atoms with E-state index < -0.39 is 84.5 Å². The third-order valence-corrected chi connectivity index (χ3v) is 16.5. The van der Waals surface area contributed by atoms with Crippen LogP contribution in [0.15, 0.2) is 66.7 Å². The van der Waals surface area contributed by atoms with Gasteiger partial charge in [0.05, 0.1) is 0 Å². The number of hydrogen-bond donors (Lipinski definition) is 7. The largest absolute Gasteiger partial charge is 0.399 e. The van der Waals surface area contributed by atoms with Gasteiger partial charge in [-0.05, 0) is 98.4 Å². The zero-order chi connectivity index (χ0) is 56.3. The van der Waals surface area contributed by atoms with E-state index in [0.717, 1.165) is 29.3 Å². The Balaban J connectivity index is 0.875. The van der Waals surface area contributed by atoms with Crippen LogP contribution in [0.1, 0.15) is 126 Å². The summed E-state index contributed by atoms with van der Waals surface area (Å²) >= 11 is 0. The summed E-state index contributed by atoms with van der Waals surface area (Å²) in [6.45, 7) is 0.671. The summed E-state index contributed by atoms with van der Waals surface area (Å²) < 4.78 is 41.0. The van der Waals surface area contributed by atoms with E-state index in [2.05, 4.69) is 32.8 Å². The molecule has 6 heterocycles. The summed E-state index contributed by atoms with van der Waals surface area (Å²) in [6.07, 6.45) is 3.66. The minimum Gasteiger partial charge on any atom is -0.370 e. The molecule has 416 valence electrons. The molecule has 9 rings (SSSR count). The lowest BCUT2D eigenvalue weighted by atomic mass is 9.98. The van der Waals surface area contributed by atoms with Gasteiger partial charge in [0.25, 0.3) is 11.8 Å². The van der Waals surface area contributed by atoms with Crippen LogP contribution in [-0.2, 0) is 63.3 Å². The Hall–Kier alpha value is -7.80. The fourth-order valence-electron chi connectivity index (χ4n) is 11.2. The van der Waals surface area contributed by atoms with Crippen molar-refractivity contribution in [2.45, 2.75) is 132 Å². The number of nitrogens with zero attached hydrogens (tertiary/aromatic N) is 4. The number of H-pyrrole nitrogens is 1. The maximum atomic E-state index is 14.9. The molecule has 4 aromatic rings. The molecule has 3 aromatic carbocycles. The molecular formula is C55H60F2N9O12P. The number of alkyl halides is 2.